The Kier molecular flexibility index (Phi) is 7.59. The van der Waals surface area contributed by atoms with Crippen LogP contribution in [0.25, 0.3) is 16.1 Å². The van der Waals surface area contributed by atoms with E-state index in [9.17, 15) is 26.3 Å². The van der Waals surface area contributed by atoms with Crippen molar-refractivity contribution < 1.29 is 26.3 Å². The Labute approximate surface area is 263 Å². The second-order valence-electron chi connectivity index (χ2n) is 11.3. The van der Waals surface area contributed by atoms with Crippen molar-refractivity contribution >= 4 is 44.9 Å². The first-order chi connectivity index (χ1) is 22.0. The number of anilines is 3. The van der Waals surface area contributed by atoms with Crippen molar-refractivity contribution in [1.82, 2.24) is 15.1 Å². The van der Waals surface area contributed by atoms with Gasteiger partial charge < -0.3 is 15.1 Å². The van der Waals surface area contributed by atoms with E-state index in [4.69, 9.17) is 9.98 Å². The lowest BCUT2D eigenvalue weighted by molar-refractivity contribution is -0.138. The van der Waals surface area contributed by atoms with E-state index >= 15 is 0 Å². The third-order valence-corrected chi connectivity index (χ3v) is 9.19. The molecular formula is C32H27F6N7S. The number of benzene rings is 3. The van der Waals surface area contributed by atoms with Gasteiger partial charge >= 0.3 is 12.4 Å². The Morgan fingerprint density at radius 2 is 1.39 bits per heavy atom. The molecule has 0 unspecified atom stereocenters. The standard InChI is InChI=1S/C32H27F6N7S/c1-2-44-13-15-45(16-14-44)24-17-23-26(40-28(39-23)19-5-9-21(10-6-19)31(33,34)35)25(18-3-4-18)27(24)41-30-43-42-29(46-30)20-7-11-22(12-8-20)32(36,37)38/h5-12,17H,2-4,13-16H2,1H3,(H,41,43). The summed E-state index contributed by atoms with van der Waals surface area (Å²) in [6.07, 6.45) is -7.14. The molecule has 3 aliphatic rings. The molecule has 3 heterocycles. The monoisotopic (exact) mass is 655 g/mol. The first kappa shape index (κ1) is 30.4. The summed E-state index contributed by atoms with van der Waals surface area (Å²) in [5.41, 5.74) is 3.03. The van der Waals surface area contributed by atoms with Crippen LogP contribution in [0.15, 0.2) is 64.6 Å². The Balaban J connectivity index is 1.29. The molecule has 0 radical (unpaired) electrons. The van der Waals surface area contributed by atoms with Gasteiger partial charge in [-0.05, 0) is 49.7 Å². The fourth-order valence-electron chi connectivity index (χ4n) is 5.66. The maximum Gasteiger partial charge on any atom is 0.416 e. The molecule has 1 saturated carbocycles. The third-order valence-electron chi connectivity index (χ3n) is 8.30. The van der Waals surface area contributed by atoms with Crippen LogP contribution < -0.4 is 20.8 Å². The van der Waals surface area contributed by atoms with E-state index in [1.807, 2.05) is 6.07 Å². The van der Waals surface area contributed by atoms with Crippen LogP contribution in [-0.2, 0) is 12.4 Å². The van der Waals surface area contributed by atoms with Gasteiger partial charge in [-0.15, -0.1) is 10.2 Å². The van der Waals surface area contributed by atoms with Gasteiger partial charge in [0.05, 0.1) is 28.2 Å². The van der Waals surface area contributed by atoms with Crippen molar-refractivity contribution in [1.29, 1.82) is 0 Å². The van der Waals surface area contributed by atoms with Crippen molar-refractivity contribution in [2.75, 3.05) is 42.9 Å². The van der Waals surface area contributed by atoms with E-state index < -0.39 is 23.5 Å². The number of piperazine rings is 1. The quantitative estimate of drug-likeness (QED) is 0.232. The maximum atomic E-state index is 13.2. The molecule has 7 nitrogen and oxygen atoms in total. The number of likely N-dealkylation sites (N-methyl/N-ethyl adjacent to an activating group) is 1. The number of aliphatic imine (C=N–C) groups is 1. The van der Waals surface area contributed by atoms with Crippen LogP contribution in [0.1, 0.15) is 36.5 Å². The SMILES string of the molecule is CCN1CCN(c2cc3c(c(=C4CC4)c2Nc2nnc(-c4ccc(C(F)(F)F)cc4)s2)=NC(c2ccc(C(F)(F)F)cc2)=N3)CC1. The number of aromatic nitrogens is 2. The van der Waals surface area contributed by atoms with Crippen LogP contribution in [-0.4, -0.2) is 53.7 Å². The zero-order valence-corrected chi connectivity index (χ0v) is 25.3. The second-order valence-corrected chi connectivity index (χ2v) is 12.3. The highest BCUT2D eigenvalue weighted by Gasteiger charge is 2.32. The highest BCUT2D eigenvalue weighted by molar-refractivity contribution is 7.18. The number of hydrogen-bond acceptors (Lipinski definition) is 8. The molecule has 14 heteroatoms. The fourth-order valence-corrected chi connectivity index (χ4v) is 6.42. The summed E-state index contributed by atoms with van der Waals surface area (Å²) in [5, 5.41) is 14.5. The Morgan fingerprint density at radius 3 is 1.96 bits per heavy atom. The molecule has 4 aromatic rings. The molecule has 2 aliphatic heterocycles. The summed E-state index contributed by atoms with van der Waals surface area (Å²) >= 11 is 1.23. The molecule has 1 aliphatic carbocycles. The van der Waals surface area contributed by atoms with Gasteiger partial charge in [-0.2, -0.15) is 26.3 Å². The highest BCUT2D eigenvalue weighted by atomic mass is 32.1. The van der Waals surface area contributed by atoms with Crippen LogP contribution in [0.4, 0.5) is 48.5 Å². The Hall–Kier alpha value is -4.30. The van der Waals surface area contributed by atoms with Gasteiger partial charge in [-0.1, -0.05) is 48.1 Å². The van der Waals surface area contributed by atoms with E-state index in [2.05, 4.69) is 32.2 Å². The molecule has 0 atom stereocenters. The largest absolute Gasteiger partial charge is 0.416 e. The first-order valence-corrected chi connectivity index (χ1v) is 15.6. The lowest BCUT2D eigenvalue weighted by Gasteiger charge is -2.36. The lowest BCUT2D eigenvalue weighted by atomic mass is 10.1. The minimum Gasteiger partial charge on any atom is -0.367 e. The second kappa shape index (κ2) is 11.5. The molecule has 3 aromatic carbocycles. The predicted molar refractivity (Wildman–Crippen MR) is 165 cm³/mol. The topological polar surface area (TPSA) is 69.0 Å². The average Bonchev–Trinajstić information content (AvgIpc) is 3.61. The summed E-state index contributed by atoms with van der Waals surface area (Å²) in [4.78, 5) is 14.2. The lowest BCUT2D eigenvalue weighted by Crippen LogP contribution is -2.47. The molecule has 1 aromatic heterocycles. The number of amidine groups is 1. The number of alkyl halides is 6. The first-order valence-electron chi connectivity index (χ1n) is 14.8. The van der Waals surface area contributed by atoms with Crippen LogP contribution in [0.2, 0.25) is 0 Å². The molecular weight excluding hydrogens is 628 g/mol. The highest BCUT2D eigenvalue weighted by Crippen LogP contribution is 2.37. The van der Waals surface area contributed by atoms with Crippen molar-refractivity contribution in [3.05, 3.63) is 81.9 Å². The fraction of sp³-hybridized carbons (Fsp3) is 0.312. The van der Waals surface area contributed by atoms with Crippen molar-refractivity contribution in [2.45, 2.75) is 32.1 Å². The molecule has 2 fully saturated rings. The predicted octanol–water partition coefficient (Wildman–Crippen LogP) is 6.78. The molecule has 46 heavy (non-hydrogen) atoms. The number of fused-ring (bicyclic) bond motifs is 1. The van der Waals surface area contributed by atoms with E-state index in [-0.39, 0.29) is 0 Å². The third kappa shape index (κ3) is 5.98. The zero-order valence-electron chi connectivity index (χ0n) is 24.5. The molecule has 0 amide bonds. The maximum absolute atomic E-state index is 13.2. The van der Waals surface area contributed by atoms with Crippen molar-refractivity contribution in [3.8, 4) is 10.6 Å². The summed E-state index contributed by atoms with van der Waals surface area (Å²) < 4.78 is 78.8. The minimum atomic E-state index is -4.44. The number of hydrogen-bond donors (Lipinski definition) is 1. The summed E-state index contributed by atoms with van der Waals surface area (Å²) in [6.45, 7) is 6.37. The Bertz CT molecular complexity index is 1930. The van der Waals surface area contributed by atoms with Crippen molar-refractivity contribution in [3.63, 3.8) is 0 Å². The number of rotatable bonds is 6. The van der Waals surface area contributed by atoms with Gasteiger partial charge in [0.25, 0.3) is 0 Å². The van der Waals surface area contributed by atoms with E-state index in [1.54, 1.807) is 0 Å². The number of halogens is 6. The minimum absolute atomic E-state index is 0.339. The molecule has 0 bridgehead atoms. The molecule has 238 valence electrons. The molecule has 0 spiro atoms. The molecule has 7 rings (SSSR count). The average molecular weight is 656 g/mol. The van der Waals surface area contributed by atoms with Gasteiger partial charge in [0.2, 0.25) is 5.13 Å². The normalized spacial score (nSPS) is 16.7. The summed E-state index contributed by atoms with van der Waals surface area (Å²) in [7, 11) is 0. The van der Waals surface area contributed by atoms with Gasteiger partial charge in [0.15, 0.2) is 5.84 Å². The summed E-state index contributed by atoms with van der Waals surface area (Å²) in [5.74, 6) is 0.339. The molecule has 1 saturated heterocycles. The number of nitrogens with zero attached hydrogens (tertiary/aromatic N) is 6. The van der Waals surface area contributed by atoms with Crippen LogP contribution >= 0.6 is 11.3 Å². The van der Waals surface area contributed by atoms with Gasteiger partial charge in [0, 0.05) is 42.5 Å². The molecule has 1 N–H and O–H groups in total. The number of nitrogens with one attached hydrogen (secondary N) is 1. The van der Waals surface area contributed by atoms with E-state index in [0.29, 0.717) is 38.1 Å². The van der Waals surface area contributed by atoms with E-state index in [1.165, 1.54) is 41.2 Å². The van der Waals surface area contributed by atoms with Gasteiger partial charge in [-0.25, -0.2) is 9.98 Å². The summed E-state index contributed by atoms with van der Waals surface area (Å²) in [6, 6.07) is 11.6. The van der Waals surface area contributed by atoms with Crippen LogP contribution in [0, 0.1) is 0 Å². The Morgan fingerprint density at radius 1 is 0.783 bits per heavy atom. The smallest absolute Gasteiger partial charge is 0.367 e. The van der Waals surface area contributed by atoms with Crippen LogP contribution in [0.5, 0.6) is 0 Å². The van der Waals surface area contributed by atoms with Crippen LogP contribution in [0.3, 0.4) is 0 Å². The van der Waals surface area contributed by atoms with Crippen molar-refractivity contribution in [2.24, 2.45) is 9.98 Å². The zero-order chi connectivity index (χ0) is 32.2. The van der Waals surface area contributed by atoms with Gasteiger partial charge in [0.1, 0.15) is 10.4 Å². The van der Waals surface area contributed by atoms with Gasteiger partial charge in [-0.3, -0.25) is 0 Å². The van der Waals surface area contributed by atoms with E-state index in [0.717, 1.165) is 86.4 Å².